The Morgan fingerprint density at radius 1 is 1.18 bits per heavy atom. The fourth-order valence-electron chi connectivity index (χ4n) is 1.84. The molecular formula is C15H20N2. The van der Waals surface area contributed by atoms with Crippen molar-refractivity contribution in [2.45, 2.75) is 32.7 Å². The van der Waals surface area contributed by atoms with Crippen molar-refractivity contribution in [1.82, 2.24) is 10.3 Å². The number of pyridine rings is 1. The smallest absolute Gasteiger partial charge is 0.0702 e. The number of aromatic nitrogens is 1. The number of rotatable bonds is 3. The second-order valence-electron chi connectivity index (χ2n) is 5.46. The van der Waals surface area contributed by atoms with Crippen LogP contribution in [0.2, 0.25) is 0 Å². The molecule has 0 unspecified atom stereocenters. The number of para-hydroxylation sites is 1. The SMILES string of the molecule is CC(C)(C)NCCc1cnc2ccccc2c1. The Bertz CT molecular complexity index is 497. The van der Waals surface area contributed by atoms with Crippen molar-refractivity contribution in [3.8, 4) is 0 Å². The first-order valence-electron chi connectivity index (χ1n) is 6.13. The van der Waals surface area contributed by atoms with E-state index in [0.29, 0.717) is 0 Å². The van der Waals surface area contributed by atoms with Gasteiger partial charge in [-0.15, -0.1) is 0 Å². The van der Waals surface area contributed by atoms with Crippen LogP contribution in [0.15, 0.2) is 36.5 Å². The van der Waals surface area contributed by atoms with Crippen LogP contribution in [0.5, 0.6) is 0 Å². The Morgan fingerprint density at radius 2 is 1.94 bits per heavy atom. The van der Waals surface area contributed by atoms with Gasteiger partial charge >= 0.3 is 0 Å². The molecule has 90 valence electrons. The Labute approximate surface area is 103 Å². The second kappa shape index (κ2) is 4.84. The van der Waals surface area contributed by atoms with Crippen LogP contribution in [0, 0.1) is 0 Å². The van der Waals surface area contributed by atoms with Crippen LogP contribution in [-0.2, 0) is 6.42 Å². The Kier molecular flexibility index (Phi) is 3.43. The van der Waals surface area contributed by atoms with E-state index in [1.807, 2.05) is 18.3 Å². The predicted octanol–water partition coefficient (Wildman–Crippen LogP) is 3.17. The largest absolute Gasteiger partial charge is 0.312 e. The summed E-state index contributed by atoms with van der Waals surface area (Å²) in [6.07, 6.45) is 3.00. The fourth-order valence-corrected chi connectivity index (χ4v) is 1.84. The average Bonchev–Trinajstić information content (AvgIpc) is 2.27. The van der Waals surface area contributed by atoms with Crippen LogP contribution in [0.3, 0.4) is 0 Å². The molecule has 0 saturated carbocycles. The molecule has 0 atom stereocenters. The first kappa shape index (κ1) is 12.1. The van der Waals surface area contributed by atoms with Crippen molar-refractivity contribution >= 4 is 10.9 Å². The summed E-state index contributed by atoms with van der Waals surface area (Å²) in [4.78, 5) is 4.47. The minimum Gasteiger partial charge on any atom is -0.312 e. The molecule has 2 heteroatoms. The van der Waals surface area contributed by atoms with Gasteiger partial charge in [-0.05, 0) is 51.4 Å². The molecule has 1 aromatic heterocycles. The summed E-state index contributed by atoms with van der Waals surface area (Å²) in [5.74, 6) is 0. The number of nitrogens with zero attached hydrogens (tertiary/aromatic N) is 1. The van der Waals surface area contributed by atoms with Gasteiger partial charge in [-0.2, -0.15) is 0 Å². The standard InChI is InChI=1S/C15H20N2/c1-15(2,3)17-9-8-12-10-13-6-4-5-7-14(13)16-11-12/h4-7,10-11,17H,8-9H2,1-3H3. The van der Waals surface area contributed by atoms with Gasteiger partial charge in [0.2, 0.25) is 0 Å². The van der Waals surface area contributed by atoms with Gasteiger partial charge in [-0.25, -0.2) is 0 Å². The summed E-state index contributed by atoms with van der Waals surface area (Å²) in [6.45, 7) is 7.55. The quantitative estimate of drug-likeness (QED) is 0.873. The minimum atomic E-state index is 0.185. The molecule has 1 heterocycles. The first-order chi connectivity index (χ1) is 8.04. The van der Waals surface area contributed by atoms with Gasteiger partial charge in [0.05, 0.1) is 5.52 Å². The maximum atomic E-state index is 4.47. The molecule has 1 aromatic carbocycles. The lowest BCUT2D eigenvalue weighted by Gasteiger charge is -2.20. The zero-order valence-corrected chi connectivity index (χ0v) is 10.8. The van der Waals surface area contributed by atoms with E-state index in [1.54, 1.807) is 0 Å². The van der Waals surface area contributed by atoms with Crippen molar-refractivity contribution in [3.63, 3.8) is 0 Å². The van der Waals surface area contributed by atoms with Crippen molar-refractivity contribution in [2.75, 3.05) is 6.54 Å². The van der Waals surface area contributed by atoms with E-state index in [4.69, 9.17) is 0 Å². The van der Waals surface area contributed by atoms with E-state index in [-0.39, 0.29) is 5.54 Å². The van der Waals surface area contributed by atoms with Crippen molar-refractivity contribution in [2.24, 2.45) is 0 Å². The van der Waals surface area contributed by atoms with Crippen LogP contribution in [0.1, 0.15) is 26.3 Å². The van der Waals surface area contributed by atoms with Gasteiger partial charge in [0.15, 0.2) is 0 Å². The minimum absolute atomic E-state index is 0.185. The van der Waals surface area contributed by atoms with E-state index in [9.17, 15) is 0 Å². The summed E-state index contributed by atoms with van der Waals surface area (Å²) in [7, 11) is 0. The lowest BCUT2D eigenvalue weighted by molar-refractivity contribution is 0.429. The highest BCUT2D eigenvalue weighted by molar-refractivity contribution is 5.78. The number of fused-ring (bicyclic) bond motifs is 1. The second-order valence-corrected chi connectivity index (χ2v) is 5.46. The fraction of sp³-hybridized carbons (Fsp3) is 0.400. The third-order valence-electron chi connectivity index (χ3n) is 2.72. The number of nitrogens with one attached hydrogen (secondary N) is 1. The Hall–Kier alpha value is -1.41. The molecule has 0 spiro atoms. The average molecular weight is 228 g/mol. The molecule has 2 aromatic rings. The molecule has 2 nitrogen and oxygen atoms in total. The van der Waals surface area contributed by atoms with E-state index >= 15 is 0 Å². The zero-order valence-electron chi connectivity index (χ0n) is 10.8. The summed E-state index contributed by atoms with van der Waals surface area (Å²) >= 11 is 0. The summed E-state index contributed by atoms with van der Waals surface area (Å²) < 4.78 is 0. The lowest BCUT2D eigenvalue weighted by Crippen LogP contribution is -2.37. The molecule has 0 radical (unpaired) electrons. The Morgan fingerprint density at radius 3 is 2.71 bits per heavy atom. The number of benzene rings is 1. The molecule has 0 aliphatic carbocycles. The monoisotopic (exact) mass is 228 g/mol. The zero-order chi connectivity index (χ0) is 12.3. The van der Waals surface area contributed by atoms with Gasteiger partial charge in [0, 0.05) is 17.1 Å². The molecule has 1 N–H and O–H groups in total. The summed E-state index contributed by atoms with van der Waals surface area (Å²) in [5, 5.41) is 4.71. The van der Waals surface area contributed by atoms with Crippen LogP contribution in [0.4, 0.5) is 0 Å². The normalized spacial score (nSPS) is 11.9. The van der Waals surface area contributed by atoms with Crippen molar-refractivity contribution in [1.29, 1.82) is 0 Å². The third-order valence-corrected chi connectivity index (χ3v) is 2.72. The maximum absolute atomic E-state index is 4.47. The lowest BCUT2D eigenvalue weighted by atomic mass is 10.1. The topological polar surface area (TPSA) is 24.9 Å². The van der Waals surface area contributed by atoms with Crippen molar-refractivity contribution in [3.05, 3.63) is 42.1 Å². The predicted molar refractivity (Wildman–Crippen MR) is 73.2 cm³/mol. The van der Waals surface area contributed by atoms with Gasteiger partial charge in [0.1, 0.15) is 0 Å². The van der Waals surface area contributed by atoms with E-state index in [1.165, 1.54) is 10.9 Å². The van der Waals surface area contributed by atoms with Gasteiger partial charge in [-0.1, -0.05) is 18.2 Å². The van der Waals surface area contributed by atoms with Crippen molar-refractivity contribution < 1.29 is 0 Å². The molecule has 0 amide bonds. The third kappa shape index (κ3) is 3.53. The Balaban J connectivity index is 2.04. The van der Waals surface area contributed by atoms with E-state index < -0.39 is 0 Å². The highest BCUT2D eigenvalue weighted by Crippen LogP contribution is 2.13. The first-order valence-corrected chi connectivity index (χ1v) is 6.13. The van der Waals surface area contributed by atoms with Crippen LogP contribution in [-0.4, -0.2) is 17.1 Å². The molecule has 17 heavy (non-hydrogen) atoms. The molecule has 2 rings (SSSR count). The molecule has 0 aliphatic rings. The summed E-state index contributed by atoms with van der Waals surface area (Å²) in [5.41, 5.74) is 2.55. The highest BCUT2D eigenvalue weighted by atomic mass is 14.9. The van der Waals surface area contributed by atoms with E-state index in [2.05, 4.69) is 49.3 Å². The van der Waals surface area contributed by atoms with E-state index in [0.717, 1.165) is 18.5 Å². The molecule has 0 bridgehead atoms. The number of hydrogen-bond acceptors (Lipinski definition) is 2. The molecule has 0 aliphatic heterocycles. The van der Waals surface area contributed by atoms with Gasteiger partial charge in [0.25, 0.3) is 0 Å². The van der Waals surface area contributed by atoms with Crippen LogP contribution in [0.25, 0.3) is 10.9 Å². The molecule has 0 fully saturated rings. The highest BCUT2D eigenvalue weighted by Gasteiger charge is 2.07. The van der Waals surface area contributed by atoms with Gasteiger partial charge < -0.3 is 5.32 Å². The molecular weight excluding hydrogens is 208 g/mol. The maximum Gasteiger partial charge on any atom is 0.0702 e. The molecule has 0 saturated heterocycles. The number of hydrogen-bond donors (Lipinski definition) is 1. The van der Waals surface area contributed by atoms with Crippen LogP contribution < -0.4 is 5.32 Å². The van der Waals surface area contributed by atoms with Gasteiger partial charge in [-0.3, -0.25) is 4.98 Å². The van der Waals surface area contributed by atoms with Crippen LogP contribution >= 0.6 is 0 Å². The summed E-state index contributed by atoms with van der Waals surface area (Å²) in [6, 6.07) is 10.5.